The third kappa shape index (κ3) is 3.42. The summed E-state index contributed by atoms with van der Waals surface area (Å²) < 4.78 is 1.65. The normalized spacial score (nSPS) is 12.3. The van der Waals surface area contributed by atoms with Crippen LogP contribution in [-0.2, 0) is 6.54 Å². The monoisotopic (exact) mass is 308 g/mol. The second-order valence-corrected chi connectivity index (χ2v) is 5.30. The molecule has 3 aromatic heterocycles. The van der Waals surface area contributed by atoms with Crippen LogP contribution >= 0.6 is 0 Å². The number of fused-ring (bicyclic) bond motifs is 1. The maximum atomic E-state index is 9.19. The standard InChI is InChI=1S/C15H17BN6O/c1-10(9-23)20-13-5-14(18-7-11-3-2-4-17-6-11)22-15(21-13)12(16)8-19-22/h2-6,8,10,18,23H,7,9H2,1H3,(H,20,21)/t10-/m0/s1. The number of pyridine rings is 1. The number of hydrogen-bond donors (Lipinski definition) is 3. The van der Waals surface area contributed by atoms with E-state index in [1.165, 1.54) is 0 Å². The number of rotatable bonds is 6. The van der Waals surface area contributed by atoms with Crippen molar-refractivity contribution < 1.29 is 5.11 Å². The molecule has 0 aliphatic rings. The zero-order valence-electron chi connectivity index (χ0n) is 12.8. The van der Waals surface area contributed by atoms with Gasteiger partial charge in [-0.15, -0.1) is 0 Å². The lowest BCUT2D eigenvalue weighted by atomic mass is 10.0. The molecule has 0 aromatic carbocycles. The zero-order valence-corrected chi connectivity index (χ0v) is 12.8. The summed E-state index contributed by atoms with van der Waals surface area (Å²) in [4.78, 5) is 8.54. The first-order valence-corrected chi connectivity index (χ1v) is 7.32. The third-order valence-corrected chi connectivity index (χ3v) is 3.36. The molecule has 8 heteroatoms. The van der Waals surface area contributed by atoms with Gasteiger partial charge in [0.25, 0.3) is 0 Å². The molecule has 0 bridgehead atoms. The van der Waals surface area contributed by atoms with Crippen molar-refractivity contribution >= 4 is 30.6 Å². The van der Waals surface area contributed by atoms with Gasteiger partial charge in [-0.3, -0.25) is 4.98 Å². The number of anilines is 2. The van der Waals surface area contributed by atoms with Gasteiger partial charge in [-0.25, -0.2) is 4.98 Å². The molecule has 0 amide bonds. The van der Waals surface area contributed by atoms with Gasteiger partial charge in [0.2, 0.25) is 0 Å². The van der Waals surface area contributed by atoms with Gasteiger partial charge in [0, 0.05) is 37.2 Å². The minimum absolute atomic E-state index is 0.0139. The Labute approximate surface area is 135 Å². The molecule has 0 aliphatic carbocycles. The topological polar surface area (TPSA) is 87.4 Å². The Bertz CT molecular complexity index is 791. The number of aromatic nitrogens is 4. The van der Waals surface area contributed by atoms with Gasteiger partial charge < -0.3 is 15.7 Å². The summed E-state index contributed by atoms with van der Waals surface area (Å²) in [7, 11) is 5.92. The molecule has 2 radical (unpaired) electrons. The van der Waals surface area contributed by atoms with Gasteiger partial charge in [-0.1, -0.05) is 6.07 Å². The smallest absolute Gasteiger partial charge is 0.152 e. The van der Waals surface area contributed by atoms with Crippen LogP contribution in [0.3, 0.4) is 0 Å². The van der Waals surface area contributed by atoms with Gasteiger partial charge in [-0.2, -0.15) is 9.61 Å². The molecule has 3 aromatic rings. The van der Waals surface area contributed by atoms with E-state index in [-0.39, 0.29) is 12.6 Å². The first kappa shape index (κ1) is 15.3. The van der Waals surface area contributed by atoms with E-state index in [1.54, 1.807) is 23.1 Å². The van der Waals surface area contributed by atoms with Crippen molar-refractivity contribution in [3.05, 3.63) is 42.4 Å². The Morgan fingerprint density at radius 2 is 2.26 bits per heavy atom. The molecule has 0 saturated heterocycles. The van der Waals surface area contributed by atoms with Crippen molar-refractivity contribution in [3.8, 4) is 0 Å². The molecule has 0 spiro atoms. The summed E-state index contributed by atoms with van der Waals surface area (Å²) >= 11 is 0. The van der Waals surface area contributed by atoms with Crippen molar-refractivity contribution in [2.24, 2.45) is 0 Å². The van der Waals surface area contributed by atoms with E-state index in [4.69, 9.17) is 7.85 Å². The largest absolute Gasteiger partial charge is 0.394 e. The second kappa shape index (κ2) is 6.66. The molecule has 0 fully saturated rings. The van der Waals surface area contributed by atoms with Crippen LogP contribution in [0.15, 0.2) is 36.8 Å². The number of hydrogen-bond acceptors (Lipinski definition) is 6. The van der Waals surface area contributed by atoms with Crippen LogP contribution in [0.2, 0.25) is 0 Å². The fraction of sp³-hybridized carbons (Fsp3) is 0.267. The van der Waals surface area contributed by atoms with Crippen molar-refractivity contribution in [1.82, 2.24) is 19.6 Å². The second-order valence-electron chi connectivity index (χ2n) is 5.30. The molecular formula is C15H17BN6O. The molecule has 0 aliphatic heterocycles. The Kier molecular flexibility index (Phi) is 4.43. The number of aliphatic hydroxyl groups is 1. The average molecular weight is 308 g/mol. The van der Waals surface area contributed by atoms with Crippen molar-refractivity contribution in [2.45, 2.75) is 19.5 Å². The first-order valence-electron chi connectivity index (χ1n) is 7.32. The van der Waals surface area contributed by atoms with Gasteiger partial charge in [0.05, 0.1) is 6.61 Å². The molecular weight excluding hydrogens is 291 g/mol. The lowest BCUT2D eigenvalue weighted by Gasteiger charge is -2.15. The highest BCUT2D eigenvalue weighted by Crippen LogP contribution is 2.16. The number of aliphatic hydroxyl groups excluding tert-OH is 1. The quantitative estimate of drug-likeness (QED) is 0.569. The maximum absolute atomic E-state index is 9.19. The van der Waals surface area contributed by atoms with Crippen molar-refractivity contribution in [1.29, 1.82) is 0 Å². The highest BCUT2D eigenvalue weighted by molar-refractivity contribution is 6.36. The Hall–Kier alpha value is -2.61. The molecule has 7 nitrogen and oxygen atoms in total. The van der Waals surface area contributed by atoms with E-state index >= 15 is 0 Å². The number of nitrogens with zero attached hydrogens (tertiary/aromatic N) is 4. The van der Waals surface area contributed by atoms with E-state index in [2.05, 4.69) is 25.7 Å². The van der Waals surface area contributed by atoms with Crippen molar-refractivity contribution in [3.63, 3.8) is 0 Å². The molecule has 3 heterocycles. The van der Waals surface area contributed by atoms with E-state index < -0.39 is 0 Å². The Balaban J connectivity index is 1.90. The van der Waals surface area contributed by atoms with E-state index in [9.17, 15) is 5.11 Å². The highest BCUT2D eigenvalue weighted by Gasteiger charge is 2.10. The first-order chi connectivity index (χ1) is 11.2. The fourth-order valence-corrected chi connectivity index (χ4v) is 2.17. The SMILES string of the molecule is [B]c1cnn2c(NCc3cccnc3)cc(N[C@@H](C)CO)nc12. The van der Waals surface area contributed by atoms with Crippen molar-refractivity contribution in [2.75, 3.05) is 17.2 Å². The summed E-state index contributed by atoms with van der Waals surface area (Å²) in [6.45, 7) is 2.48. The Morgan fingerprint density at radius 3 is 3.00 bits per heavy atom. The molecule has 1 atom stereocenters. The van der Waals surface area contributed by atoms with E-state index in [1.807, 2.05) is 25.1 Å². The van der Waals surface area contributed by atoms with Gasteiger partial charge in [0.1, 0.15) is 19.5 Å². The molecule has 3 N–H and O–H groups in total. The molecule has 3 rings (SSSR count). The summed E-state index contributed by atoms with van der Waals surface area (Å²) in [5, 5.41) is 19.9. The summed E-state index contributed by atoms with van der Waals surface area (Å²) in [6.07, 6.45) is 5.10. The average Bonchev–Trinajstić information content (AvgIpc) is 2.95. The van der Waals surface area contributed by atoms with Gasteiger partial charge >= 0.3 is 0 Å². The van der Waals surface area contributed by atoms with Crippen LogP contribution in [0.5, 0.6) is 0 Å². The lowest BCUT2D eigenvalue weighted by Crippen LogP contribution is -2.21. The highest BCUT2D eigenvalue weighted by atomic mass is 16.3. The van der Waals surface area contributed by atoms with Crippen LogP contribution in [0.25, 0.3) is 5.65 Å². The summed E-state index contributed by atoms with van der Waals surface area (Å²) in [5.74, 6) is 1.38. The molecule has 0 saturated carbocycles. The third-order valence-electron chi connectivity index (χ3n) is 3.36. The van der Waals surface area contributed by atoms with Gasteiger partial charge in [0.15, 0.2) is 5.65 Å². The zero-order chi connectivity index (χ0) is 16.2. The van der Waals surface area contributed by atoms with Gasteiger partial charge in [-0.05, 0) is 24.0 Å². The predicted molar refractivity (Wildman–Crippen MR) is 90.1 cm³/mol. The minimum atomic E-state index is -0.111. The van der Waals surface area contributed by atoms with E-state index in [0.29, 0.717) is 23.5 Å². The Morgan fingerprint density at radius 1 is 1.39 bits per heavy atom. The molecule has 0 unspecified atom stereocenters. The maximum Gasteiger partial charge on any atom is 0.152 e. The fourth-order valence-electron chi connectivity index (χ4n) is 2.17. The summed E-state index contributed by atoms with van der Waals surface area (Å²) in [5.41, 5.74) is 2.11. The molecule has 116 valence electrons. The minimum Gasteiger partial charge on any atom is -0.394 e. The van der Waals surface area contributed by atoms with Crippen LogP contribution in [0.4, 0.5) is 11.6 Å². The van der Waals surface area contributed by atoms with Crippen LogP contribution < -0.4 is 16.1 Å². The van der Waals surface area contributed by atoms with Crippen LogP contribution in [0, 0.1) is 0 Å². The van der Waals surface area contributed by atoms with Crippen LogP contribution in [0.1, 0.15) is 12.5 Å². The van der Waals surface area contributed by atoms with E-state index in [0.717, 1.165) is 11.4 Å². The summed E-state index contributed by atoms with van der Waals surface area (Å²) in [6, 6.07) is 5.60. The lowest BCUT2D eigenvalue weighted by molar-refractivity contribution is 0.281. The van der Waals surface area contributed by atoms with Crippen LogP contribution in [-0.4, -0.2) is 45.2 Å². The predicted octanol–water partition coefficient (Wildman–Crippen LogP) is 0.323. The molecule has 23 heavy (non-hydrogen) atoms. The number of nitrogens with one attached hydrogen (secondary N) is 2.